The lowest BCUT2D eigenvalue weighted by atomic mass is 9.92. The summed E-state index contributed by atoms with van der Waals surface area (Å²) in [4.78, 5) is 4.05. The number of furan rings is 1. The summed E-state index contributed by atoms with van der Waals surface area (Å²) in [7, 11) is 0. The van der Waals surface area contributed by atoms with Crippen LogP contribution in [0.4, 0.5) is 11.4 Å². The molecular weight excluding hydrogens is 336 g/mol. The van der Waals surface area contributed by atoms with E-state index in [4.69, 9.17) is 4.42 Å². The average molecular weight is 356 g/mol. The second-order valence-corrected chi connectivity index (χ2v) is 6.76. The lowest BCUT2D eigenvalue weighted by Gasteiger charge is -2.27. The van der Waals surface area contributed by atoms with Crippen LogP contribution in [-0.2, 0) is 6.54 Å². The Kier molecular flexibility index (Phi) is 3.99. The van der Waals surface area contributed by atoms with Crippen molar-refractivity contribution in [1.82, 2.24) is 10.4 Å². The van der Waals surface area contributed by atoms with Gasteiger partial charge in [-0.3, -0.25) is 4.98 Å². The third-order valence-electron chi connectivity index (χ3n) is 4.99. The number of fused-ring (bicyclic) bond motifs is 2. The molecule has 1 aliphatic rings. The molecule has 2 aromatic heterocycles. The Hall–Kier alpha value is -3.31. The van der Waals surface area contributed by atoms with Crippen LogP contribution in [0.2, 0.25) is 0 Å². The summed E-state index contributed by atoms with van der Waals surface area (Å²) in [5, 5.41) is 4.59. The van der Waals surface area contributed by atoms with Crippen molar-refractivity contribution >= 4 is 22.3 Å². The first-order chi connectivity index (χ1) is 13.4. The van der Waals surface area contributed by atoms with E-state index in [2.05, 4.69) is 51.5 Å². The number of benzene rings is 2. The quantitative estimate of drug-likeness (QED) is 0.502. The lowest BCUT2D eigenvalue weighted by Crippen LogP contribution is -2.33. The minimum Gasteiger partial charge on any atom is -0.460 e. The van der Waals surface area contributed by atoms with Gasteiger partial charge in [0.05, 0.1) is 11.6 Å². The van der Waals surface area contributed by atoms with Gasteiger partial charge in [0.15, 0.2) is 0 Å². The summed E-state index contributed by atoms with van der Waals surface area (Å²) >= 11 is 0. The van der Waals surface area contributed by atoms with Crippen molar-refractivity contribution in [3.63, 3.8) is 0 Å². The summed E-state index contributed by atoms with van der Waals surface area (Å²) in [6.45, 7) is 1.55. The second-order valence-electron chi connectivity index (χ2n) is 6.76. The van der Waals surface area contributed by atoms with Crippen LogP contribution < -0.4 is 16.2 Å². The van der Waals surface area contributed by atoms with E-state index in [0.29, 0.717) is 0 Å². The molecular formula is C22H20N4O. The smallest absolute Gasteiger partial charge is 0.134 e. The Bertz CT molecular complexity index is 1040. The minimum absolute atomic E-state index is 0.175. The van der Waals surface area contributed by atoms with Crippen molar-refractivity contribution in [1.29, 1.82) is 0 Å². The fourth-order valence-corrected chi connectivity index (χ4v) is 3.58. The van der Waals surface area contributed by atoms with Crippen molar-refractivity contribution in [3.05, 3.63) is 89.9 Å². The predicted molar refractivity (Wildman–Crippen MR) is 108 cm³/mol. The molecule has 3 heterocycles. The highest BCUT2D eigenvalue weighted by molar-refractivity contribution is 5.78. The highest BCUT2D eigenvalue weighted by Gasteiger charge is 2.25. The van der Waals surface area contributed by atoms with Crippen LogP contribution in [0.15, 0.2) is 77.5 Å². The van der Waals surface area contributed by atoms with Gasteiger partial charge in [-0.15, -0.1) is 0 Å². The fraction of sp³-hybridized carbons (Fsp3) is 0.136. The van der Waals surface area contributed by atoms with E-state index in [-0.39, 0.29) is 5.92 Å². The van der Waals surface area contributed by atoms with Crippen molar-refractivity contribution < 1.29 is 4.42 Å². The first kappa shape index (κ1) is 15.9. The second kappa shape index (κ2) is 6.78. The summed E-state index contributed by atoms with van der Waals surface area (Å²) in [5.74, 6) is 1.17. The molecule has 4 aromatic rings. The molecule has 5 nitrogen and oxygen atoms in total. The molecule has 27 heavy (non-hydrogen) atoms. The SMILES string of the molecule is c1ccc2oc(C3CNNc4ccc(CNc5ccncc5)cc43)cc2c1. The van der Waals surface area contributed by atoms with Crippen LogP contribution in [0.5, 0.6) is 0 Å². The van der Waals surface area contributed by atoms with Crippen molar-refractivity contribution in [2.45, 2.75) is 12.5 Å². The van der Waals surface area contributed by atoms with Gasteiger partial charge in [0.25, 0.3) is 0 Å². The molecule has 1 unspecified atom stereocenters. The van der Waals surface area contributed by atoms with Crippen LogP contribution in [0.3, 0.4) is 0 Å². The van der Waals surface area contributed by atoms with E-state index >= 15 is 0 Å². The molecule has 3 N–H and O–H groups in total. The van der Waals surface area contributed by atoms with Crippen LogP contribution in [0.25, 0.3) is 11.0 Å². The highest BCUT2D eigenvalue weighted by atomic mass is 16.3. The van der Waals surface area contributed by atoms with Crippen LogP contribution in [0.1, 0.15) is 22.8 Å². The normalized spacial score (nSPS) is 15.9. The molecule has 5 heteroatoms. The maximum absolute atomic E-state index is 6.14. The van der Waals surface area contributed by atoms with Gasteiger partial charge in [-0.2, -0.15) is 0 Å². The van der Waals surface area contributed by atoms with Gasteiger partial charge in [-0.1, -0.05) is 30.3 Å². The standard InChI is InChI=1S/C22H20N4O/c1-2-4-21-16(3-1)12-22(27-21)19-14-25-26-20-6-5-15(11-18(19)20)13-24-17-7-9-23-10-8-17/h1-12,19,25-26H,13-14H2,(H,23,24). The zero-order valence-electron chi connectivity index (χ0n) is 14.8. The first-order valence-corrected chi connectivity index (χ1v) is 9.11. The number of anilines is 2. The molecule has 2 aromatic carbocycles. The molecule has 0 saturated heterocycles. The molecule has 0 fully saturated rings. The molecule has 0 aliphatic carbocycles. The predicted octanol–water partition coefficient (Wildman–Crippen LogP) is 4.50. The largest absolute Gasteiger partial charge is 0.460 e. The maximum Gasteiger partial charge on any atom is 0.134 e. The van der Waals surface area contributed by atoms with Gasteiger partial charge >= 0.3 is 0 Å². The summed E-state index contributed by atoms with van der Waals surface area (Å²) < 4.78 is 6.14. The number of hydrogen-bond donors (Lipinski definition) is 3. The molecule has 0 radical (unpaired) electrons. The molecule has 5 rings (SSSR count). The van der Waals surface area contributed by atoms with Gasteiger partial charge in [0.1, 0.15) is 11.3 Å². The van der Waals surface area contributed by atoms with Gasteiger partial charge in [0.2, 0.25) is 0 Å². The third kappa shape index (κ3) is 3.13. The van der Waals surface area contributed by atoms with E-state index in [1.54, 1.807) is 12.4 Å². The van der Waals surface area contributed by atoms with E-state index in [9.17, 15) is 0 Å². The summed E-state index contributed by atoms with van der Waals surface area (Å²) in [6.07, 6.45) is 3.59. The van der Waals surface area contributed by atoms with Crippen molar-refractivity contribution in [2.24, 2.45) is 0 Å². The van der Waals surface area contributed by atoms with Crippen LogP contribution >= 0.6 is 0 Å². The van der Waals surface area contributed by atoms with E-state index < -0.39 is 0 Å². The number of nitrogens with zero attached hydrogens (tertiary/aromatic N) is 1. The van der Waals surface area contributed by atoms with Gasteiger partial charge in [-0.25, -0.2) is 5.43 Å². The maximum atomic E-state index is 6.14. The number of hydrazine groups is 1. The van der Waals surface area contributed by atoms with Gasteiger partial charge in [0, 0.05) is 36.6 Å². The first-order valence-electron chi connectivity index (χ1n) is 9.11. The van der Waals surface area contributed by atoms with E-state index in [1.807, 2.05) is 30.3 Å². The third-order valence-corrected chi connectivity index (χ3v) is 4.99. The van der Waals surface area contributed by atoms with Crippen LogP contribution in [-0.4, -0.2) is 11.5 Å². The van der Waals surface area contributed by atoms with Gasteiger partial charge in [-0.05, 0) is 41.5 Å². The molecule has 1 aliphatic heterocycles. The van der Waals surface area contributed by atoms with Crippen molar-refractivity contribution in [2.75, 3.05) is 17.3 Å². The minimum atomic E-state index is 0.175. The summed E-state index contributed by atoms with van der Waals surface area (Å²) in [5.41, 5.74) is 12.1. The van der Waals surface area contributed by atoms with Gasteiger partial charge < -0.3 is 15.2 Å². The molecule has 1 atom stereocenters. The Morgan fingerprint density at radius 2 is 1.93 bits per heavy atom. The molecule has 0 saturated carbocycles. The Morgan fingerprint density at radius 1 is 1.04 bits per heavy atom. The number of nitrogens with one attached hydrogen (secondary N) is 3. The van der Waals surface area contributed by atoms with Crippen LogP contribution in [0, 0.1) is 0 Å². The number of rotatable bonds is 4. The van der Waals surface area contributed by atoms with E-state index in [1.165, 1.54) is 11.1 Å². The highest BCUT2D eigenvalue weighted by Crippen LogP contribution is 2.36. The number of aromatic nitrogens is 1. The fourth-order valence-electron chi connectivity index (χ4n) is 3.58. The number of pyridine rings is 1. The topological polar surface area (TPSA) is 62.1 Å². The van der Waals surface area contributed by atoms with Crippen molar-refractivity contribution in [3.8, 4) is 0 Å². The zero-order valence-corrected chi connectivity index (χ0v) is 14.8. The summed E-state index contributed by atoms with van der Waals surface area (Å²) in [6, 6.07) is 20.8. The molecule has 134 valence electrons. The number of hydrogen-bond acceptors (Lipinski definition) is 5. The number of para-hydroxylation sites is 1. The average Bonchev–Trinajstić information content (AvgIpc) is 3.16. The monoisotopic (exact) mass is 356 g/mol. The molecule has 0 spiro atoms. The molecule has 0 amide bonds. The zero-order chi connectivity index (χ0) is 18.1. The molecule has 0 bridgehead atoms. The Morgan fingerprint density at radius 3 is 2.81 bits per heavy atom. The van der Waals surface area contributed by atoms with E-state index in [0.717, 1.165) is 41.2 Å². The Labute approximate surface area is 157 Å². The Balaban J connectivity index is 1.45. The lowest BCUT2D eigenvalue weighted by molar-refractivity contribution is 0.501.